The highest BCUT2D eigenvalue weighted by Gasteiger charge is 2.03. The summed E-state index contributed by atoms with van der Waals surface area (Å²) in [7, 11) is 0. The van der Waals surface area contributed by atoms with E-state index in [0.717, 1.165) is 7.14 Å². The van der Waals surface area contributed by atoms with Crippen molar-refractivity contribution in [1.29, 1.82) is 0 Å². The van der Waals surface area contributed by atoms with E-state index in [0.29, 0.717) is 3.57 Å². The first-order chi connectivity index (χ1) is 4.61. The molecule has 54 valence electrons. The van der Waals surface area contributed by atoms with Crippen molar-refractivity contribution in [2.75, 3.05) is 0 Å². The van der Waals surface area contributed by atoms with Gasteiger partial charge in [-0.2, -0.15) is 0 Å². The minimum absolute atomic E-state index is 0.128. The number of halogens is 4. The fourth-order valence-electron chi connectivity index (χ4n) is 0.525. The molecule has 0 nitrogen and oxygen atoms in total. The van der Waals surface area contributed by atoms with E-state index in [2.05, 4.69) is 45.2 Å². The highest BCUT2D eigenvalue weighted by atomic mass is 127. The van der Waals surface area contributed by atoms with E-state index in [9.17, 15) is 4.39 Å². The quantitative estimate of drug-likeness (QED) is 0.307. The Kier molecular flexibility index (Phi) is 3.61. The maximum atomic E-state index is 12.8. The van der Waals surface area contributed by atoms with E-state index < -0.39 is 0 Å². The van der Waals surface area contributed by atoms with E-state index in [1.165, 1.54) is 6.07 Å². The average Bonchev–Trinajstić information content (AvgIpc) is 1.82. The second-order valence-corrected chi connectivity index (χ2v) is 5.17. The molecule has 0 aliphatic heterocycles. The molecule has 0 saturated carbocycles. The van der Waals surface area contributed by atoms with Crippen molar-refractivity contribution in [2.24, 2.45) is 0 Å². The third kappa shape index (κ3) is 2.16. The van der Waals surface area contributed by atoms with Gasteiger partial charge in [0.05, 0.1) is 3.57 Å². The summed E-state index contributed by atoms with van der Waals surface area (Å²) < 4.78 is 15.4. The molecule has 0 bridgehead atoms. The topological polar surface area (TPSA) is 0 Å². The van der Waals surface area contributed by atoms with Gasteiger partial charge in [-0.25, -0.2) is 4.39 Å². The van der Waals surface area contributed by atoms with E-state index in [1.807, 2.05) is 28.7 Å². The van der Waals surface area contributed by atoms with Crippen molar-refractivity contribution in [3.8, 4) is 0 Å². The Balaban J connectivity index is 3.31. The van der Waals surface area contributed by atoms with Crippen LogP contribution in [0.3, 0.4) is 0 Å². The zero-order valence-corrected chi connectivity index (χ0v) is 11.1. The molecular formula is C6H2FI3. The van der Waals surface area contributed by atoms with Gasteiger partial charge in [-0.1, -0.05) is 0 Å². The molecule has 0 fully saturated rings. The van der Waals surface area contributed by atoms with Gasteiger partial charge >= 0.3 is 0 Å². The van der Waals surface area contributed by atoms with Gasteiger partial charge in [0.2, 0.25) is 0 Å². The largest absolute Gasteiger partial charge is 0.206 e. The van der Waals surface area contributed by atoms with Crippen molar-refractivity contribution < 1.29 is 4.39 Å². The summed E-state index contributed by atoms with van der Waals surface area (Å²) in [6, 6.07) is 3.48. The van der Waals surface area contributed by atoms with Crippen LogP contribution in [0.5, 0.6) is 0 Å². The number of hydrogen-bond donors (Lipinski definition) is 0. The third-order valence-electron chi connectivity index (χ3n) is 0.949. The molecule has 0 atom stereocenters. The molecule has 0 unspecified atom stereocenters. The molecule has 1 rings (SSSR count). The second-order valence-electron chi connectivity index (χ2n) is 1.68. The Morgan fingerprint density at radius 1 is 1.10 bits per heavy atom. The predicted octanol–water partition coefficient (Wildman–Crippen LogP) is 3.64. The molecule has 0 aliphatic carbocycles. The summed E-state index contributed by atoms with van der Waals surface area (Å²) in [5.74, 6) is -0.128. The van der Waals surface area contributed by atoms with Crippen LogP contribution in [0.4, 0.5) is 4.39 Å². The van der Waals surface area contributed by atoms with E-state index in [1.54, 1.807) is 0 Å². The molecule has 0 spiro atoms. The Labute approximate surface area is 99.4 Å². The van der Waals surface area contributed by atoms with Gasteiger partial charge in [0.15, 0.2) is 0 Å². The number of hydrogen-bond acceptors (Lipinski definition) is 0. The average molecular weight is 474 g/mol. The maximum Gasteiger partial charge on any atom is 0.138 e. The summed E-state index contributed by atoms with van der Waals surface area (Å²) in [4.78, 5) is 0. The van der Waals surface area contributed by atoms with Crippen molar-refractivity contribution in [3.63, 3.8) is 0 Å². The van der Waals surface area contributed by atoms with Gasteiger partial charge in [0.1, 0.15) is 5.82 Å². The third-order valence-corrected chi connectivity index (χ3v) is 4.55. The first-order valence-electron chi connectivity index (χ1n) is 2.41. The van der Waals surface area contributed by atoms with Crippen LogP contribution in [0.15, 0.2) is 12.1 Å². The zero-order chi connectivity index (χ0) is 7.72. The van der Waals surface area contributed by atoms with Gasteiger partial charge in [-0.3, -0.25) is 0 Å². The van der Waals surface area contributed by atoms with Crippen LogP contribution >= 0.6 is 67.8 Å². The Bertz CT molecular complexity index is 236. The summed E-state index contributed by atoms with van der Waals surface area (Å²) in [5, 5.41) is 0. The number of benzene rings is 1. The van der Waals surface area contributed by atoms with Crippen molar-refractivity contribution in [3.05, 3.63) is 28.7 Å². The van der Waals surface area contributed by atoms with Gasteiger partial charge < -0.3 is 0 Å². The minimum atomic E-state index is -0.128. The minimum Gasteiger partial charge on any atom is -0.206 e. The lowest BCUT2D eigenvalue weighted by atomic mass is 10.4. The Morgan fingerprint density at radius 3 is 2.20 bits per heavy atom. The van der Waals surface area contributed by atoms with Gasteiger partial charge in [0.25, 0.3) is 0 Å². The SMILES string of the molecule is Fc1cc(I)cc(I)c1I. The van der Waals surface area contributed by atoms with E-state index in [-0.39, 0.29) is 5.82 Å². The summed E-state index contributed by atoms with van der Waals surface area (Å²) >= 11 is 6.22. The second kappa shape index (κ2) is 3.83. The van der Waals surface area contributed by atoms with Crippen LogP contribution in [0, 0.1) is 16.5 Å². The lowest BCUT2D eigenvalue weighted by molar-refractivity contribution is 0.618. The van der Waals surface area contributed by atoms with Crippen LogP contribution in [0.25, 0.3) is 0 Å². The predicted molar refractivity (Wildman–Crippen MR) is 64.6 cm³/mol. The van der Waals surface area contributed by atoms with E-state index >= 15 is 0 Å². The summed E-state index contributed by atoms with van der Waals surface area (Å²) in [6.45, 7) is 0. The fourth-order valence-corrected chi connectivity index (χ4v) is 2.61. The molecule has 0 saturated heterocycles. The van der Waals surface area contributed by atoms with Crippen molar-refractivity contribution in [1.82, 2.24) is 0 Å². The molecule has 0 aromatic heterocycles. The molecule has 4 heteroatoms. The molecule has 1 aromatic rings. The Hall–Kier alpha value is 1.34. The maximum absolute atomic E-state index is 12.8. The lowest BCUT2D eigenvalue weighted by Gasteiger charge is -1.97. The number of rotatable bonds is 0. The smallest absolute Gasteiger partial charge is 0.138 e. The molecular weight excluding hydrogens is 472 g/mol. The van der Waals surface area contributed by atoms with Crippen molar-refractivity contribution in [2.45, 2.75) is 0 Å². The first kappa shape index (κ1) is 9.43. The fraction of sp³-hybridized carbons (Fsp3) is 0. The summed E-state index contributed by atoms with van der Waals surface area (Å²) in [6.07, 6.45) is 0. The van der Waals surface area contributed by atoms with Crippen LogP contribution in [0.2, 0.25) is 0 Å². The van der Waals surface area contributed by atoms with Gasteiger partial charge in [-0.05, 0) is 79.9 Å². The van der Waals surface area contributed by atoms with Crippen molar-refractivity contribution >= 4 is 67.8 Å². The highest BCUT2D eigenvalue weighted by molar-refractivity contribution is 14.1. The lowest BCUT2D eigenvalue weighted by Crippen LogP contribution is -1.87. The normalized spacial score (nSPS) is 10.0. The van der Waals surface area contributed by atoms with Crippen LogP contribution < -0.4 is 0 Å². The van der Waals surface area contributed by atoms with Gasteiger partial charge in [-0.15, -0.1) is 0 Å². The van der Waals surface area contributed by atoms with Crippen LogP contribution in [0.1, 0.15) is 0 Å². The van der Waals surface area contributed by atoms with E-state index in [4.69, 9.17) is 0 Å². The van der Waals surface area contributed by atoms with Crippen LogP contribution in [-0.4, -0.2) is 0 Å². The molecule has 0 aliphatic rings. The van der Waals surface area contributed by atoms with Crippen LogP contribution in [-0.2, 0) is 0 Å². The standard InChI is InChI=1S/C6H2FI3/c7-4-1-3(8)2-5(9)6(4)10/h1-2H. The molecule has 0 heterocycles. The molecule has 0 radical (unpaired) electrons. The van der Waals surface area contributed by atoms with Gasteiger partial charge in [0, 0.05) is 7.14 Å². The monoisotopic (exact) mass is 474 g/mol. The molecule has 10 heavy (non-hydrogen) atoms. The molecule has 1 aromatic carbocycles. The first-order valence-corrected chi connectivity index (χ1v) is 5.65. The summed E-state index contributed by atoms with van der Waals surface area (Å²) in [5.41, 5.74) is 0. The molecule has 0 N–H and O–H groups in total. The Morgan fingerprint density at radius 2 is 1.70 bits per heavy atom. The zero-order valence-electron chi connectivity index (χ0n) is 4.67. The highest BCUT2D eigenvalue weighted by Crippen LogP contribution is 2.20. The molecule has 0 amide bonds.